The third kappa shape index (κ3) is 52.7. The zero-order chi connectivity index (χ0) is 54.3. The molecular weight excluding hydrogens is 940 g/mol. The van der Waals surface area contributed by atoms with Crippen molar-refractivity contribution in [3.05, 3.63) is 146 Å². The Labute approximate surface area is 453 Å². The Kier molecular flexibility index (Phi) is 49.4. The smallest absolute Gasteiger partial charge is 0.456 e. The quantitative estimate of drug-likeness (QED) is 0.0205. The summed E-state index contributed by atoms with van der Waals surface area (Å²) in [6, 6.07) is -0.929. The average Bonchev–Trinajstić information content (AvgIpc) is 3.36. The first-order valence-electron chi connectivity index (χ1n) is 28.7. The Morgan fingerprint density at radius 2 is 0.865 bits per heavy atom. The number of quaternary nitrogens is 1. The maximum atomic E-state index is 13.5. The molecule has 0 aliphatic carbocycles. The third-order valence-corrected chi connectivity index (χ3v) is 12.5. The van der Waals surface area contributed by atoms with Crippen LogP contribution in [0.3, 0.4) is 0 Å². The molecule has 0 aromatic rings. The van der Waals surface area contributed by atoms with E-state index in [4.69, 9.17) is 13.8 Å². The van der Waals surface area contributed by atoms with E-state index in [0.29, 0.717) is 23.9 Å². The van der Waals surface area contributed by atoms with Crippen LogP contribution in [0.4, 0.5) is 0 Å². The number of nitrogens with one attached hydrogen (secondary N) is 1. The predicted octanol–water partition coefficient (Wildman–Crippen LogP) is 17.5. The Balaban J connectivity index is 5.62. The van der Waals surface area contributed by atoms with Gasteiger partial charge in [0.2, 0.25) is 5.91 Å². The summed E-state index contributed by atoms with van der Waals surface area (Å²) < 4.78 is 30.5. The molecule has 74 heavy (non-hydrogen) atoms. The van der Waals surface area contributed by atoms with Gasteiger partial charge in [-0.3, -0.25) is 18.6 Å². The average molecular weight is 1050 g/mol. The van der Waals surface area contributed by atoms with Gasteiger partial charge in [-0.15, -0.1) is 0 Å². The number of hydrogen-bond donors (Lipinski definition) is 2. The topological polar surface area (TPSA) is 111 Å². The van der Waals surface area contributed by atoms with Gasteiger partial charge >= 0.3 is 13.8 Å². The summed E-state index contributed by atoms with van der Waals surface area (Å²) in [5, 5.41) is 2.97. The molecule has 0 rings (SSSR count). The highest BCUT2D eigenvalue weighted by atomic mass is 31.2. The maximum absolute atomic E-state index is 13.5. The van der Waals surface area contributed by atoms with E-state index in [1.165, 1.54) is 57.8 Å². The lowest BCUT2D eigenvalue weighted by Crippen LogP contribution is -2.47. The molecule has 0 aliphatic heterocycles. The molecular formula is C64H106N2O7P+. The van der Waals surface area contributed by atoms with Crippen molar-refractivity contribution in [1.29, 1.82) is 0 Å². The van der Waals surface area contributed by atoms with Crippen LogP contribution in [-0.2, 0) is 27.9 Å². The summed E-state index contributed by atoms with van der Waals surface area (Å²) in [6.07, 6.45) is 75.9. The van der Waals surface area contributed by atoms with E-state index in [-0.39, 0.29) is 32.0 Å². The molecule has 0 bridgehead atoms. The number of allylic oxidation sites excluding steroid dienone is 23. The second-order valence-corrected chi connectivity index (χ2v) is 21.1. The highest BCUT2D eigenvalue weighted by Gasteiger charge is 2.30. The fraction of sp³-hybridized carbons (Fsp3) is 0.594. The van der Waals surface area contributed by atoms with Crippen molar-refractivity contribution in [1.82, 2.24) is 5.32 Å². The van der Waals surface area contributed by atoms with E-state index in [9.17, 15) is 19.0 Å². The second-order valence-electron chi connectivity index (χ2n) is 19.7. The standard InChI is InChI=1S/C64H105N2O7P/c1-7-10-13-16-19-22-25-28-30-32-33-34-36-39-42-45-48-51-54-57-64(68)73-62(55-52-49-46-43-40-37-27-24-21-18-15-12-9-3)61(60-72-74(69,70)71-59-58-66(4,5)6)65-63(67)56-53-50-47-44-41-38-35-31-29-26-23-20-17-14-11-8-2/h10-11,13-14,19-20,22-23,28-31,33-34,38-39,41-42,47-48,50-52,55,61-62H,7-9,12,15-18,21,24-27,32,35-37,40,43-46,49,53-54,56-60H2,1-6H3,(H-,65,67,69,70)/p+1/b13-10-,14-11+,22-19-,23-20+,30-28-,31-29+,34-33-,41-38+,42-39-,50-47+,51-48-,55-52+. The number of amides is 1. The predicted molar refractivity (Wildman–Crippen MR) is 318 cm³/mol. The number of carbonyl (C=O) groups is 2. The van der Waals surface area contributed by atoms with E-state index in [2.05, 4.69) is 135 Å². The molecule has 1 amide bonds. The summed E-state index contributed by atoms with van der Waals surface area (Å²) in [5.74, 6) is -0.714. The summed E-state index contributed by atoms with van der Waals surface area (Å²) >= 11 is 0. The van der Waals surface area contributed by atoms with Crippen molar-refractivity contribution in [2.24, 2.45) is 0 Å². The fourth-order valence-corrected chi connectivity index (χ4v) is 7.92. The molecule has 0 fully saturated rings. The molecule has 2 N–H and O–H groups in total. The first-order valence-corrected chi connectivity index (χ1v) is 30.2. The lowest BCUT2D eigenvalue weighted by Gasteiger charge is -2.27. The lowest BCUT2D eigenvalue weighted by atomic mass is 10.0. The van der Waals surface area contributed by atoms with Crippen molar-refractivity contribution in [2.45, 2.75) is 206 Å². The van der Waals surface area contributed by atoms with E-state index >= 15 is 0 Å². The van der Waals surface area contributed by atoms with Gasteiger partial charge in [-0.25, -0.2) is 4.57 Å². The van der Waals surface area contributed by atoms with Gasteiger partial charge in [0.1, 0.15) is 19.3 Å². The van der Waals surface area contributed by atoms with Crippen molar-refractivity contribution < 1.29 is 37.3 Å². The van der Waals surface area contributed by atoms with Crippen molar-refractivity contribution >= 4 is 19.7 Å². The number of phosphoric ester groups is 1. The van der Waals surface area contributed by atoms with E-state index in [1.54, 1.807) is 6.08 Å². The summed E-state index contributed by atoms with van der Waals surface area (Å²) in [5.41, 5.74) is 0. The number of phosphoric acid groups is 1. The van der Waals surface area contributed by atoms with Crippen molar-refractivity contribution in [3.63, 3.8) is 0 Å². The molecule has 3 atom stereocenters. The number of carbonyl (C=O) groups excluding carboxylic acids is 2. The molecule has 0 saturated carbocycles. The van der Waals surface area contributed by atoms with Crippen LogP contribution in [0, 0.1) is 0 Å². The van der Waals surface area contributed by atoms with Gasteiger partial charge in [0.15, 0.2) is 0 Å². The normalized spacial score (nSPS) is 14.9. The fourth-order valence-electron chi connectivity index (χ4n) is 7.19. The number of rotatable bonds is 49. The van der Waals surface area contributed by atoms with Crippen molar-refractivity contribution in [2.75, 3.05) is 40.9 Å². The zero-order valence-corrected chi connectivity index (χ0v) is 48.4. The van der Waals surface area contributed by atoms with Crippen LogP contribution in [0.2, 0.25) is 0 Å². The van der Waals surface area contributed by atoms with Gasteiger partial charge in [0.05, 0.1) is 33.8 Å². The van der Waals surface area contributed by atoms with Crippen LogP contribution in [0.25, 0.3) is 0 Å². The molecule has 0 spiro atoms. The molecule has 0 radical (unpaired) electrons. The monoisotopic (exact) mass is 1050 g/mol. The Morgan fingerprint density at radius 3 is 1.27 bits per heavy atom. The second kappa shape index (κ2) is 52.3. The maximum Gasteiger partial charge on any atom is 0.472 e. The molecule has 0 aromatic heterocycles. The molecule has 9 nitrogen and oxygen atoms in total. The molecule has 0 aliphatic rings. The van der Waals surface area contributed by atoms with Crippen LogP contribution in [0.15, 0.2) is 146 Å². The van der Waals surface area contributed by atoms with Crippen LogP contribution >= 0.6 is 7.82 Å². The highest BCUT2D eigenvalue weighted by molar-refractivity contribution is 7.47. The zero-order valence-electron chi connectivity index (χ0n) is 47.5. The number of unbranched alkanes of at least 4 members (excludes halogenated alkanes) is 11. The molecule has 0 heterocycles. The van der Waals surface area contributed by atoms with Gasteiger partial charge in [-0.2, -0.15) is 0 Å². The third-order valence-electron chi connectivity index (χ3n) is 11.6. The molecule has 0 saturated heterocycles. The number of nitrogens with zero attached hydrogens (tertiary/aromatic N) is 1. The molecule has 418 valence electrons. The minimum Gasteiger partial charge on any atom is -0.456 e. The Hall–Kier alpha value is -4.11. The van der Waals surface area contributed by atoms with Gasteiger partial charge in [0.25, 0.3) is 0 Å². The molecule has 3 unspecified atom stereocenters. The summed E-state index contributed by atoms with van der Waals surface area (Å²) in [4.78, 5) is 37.5. The number of hydrogen-bond acceptors (Lipinski definition) is 6. The molecule has 10 heteroatoms. The number of esters is 1. The highest BCUT2D eigenvalue weighted by Crippen LogP contribution is 2.43. The Morgan fingerprint density at radius 1 is 0.486 bits per heavy atom. The summed E-state index contributed by atoms with van der Waals surface area (Å²) in [6.45, 7) is 6.64. The molecule has 0 aromatic carbocycles. The van der Waals surface area contributed by atoms with E-state index < -0.39 is 25.9 Å². The first-order chi connectivity index (χ1) is 35.9. The minimum absolute atomic E-state index is 0.00737. The van der Waals surface area contributed by atoms with E-state index in [0.717, 1.165) is 89.9 Å². The Bertz CT molecular complexity index is 1770. The van der Waals surface area contributed by atoms with Gasteiger partial charge in [0, 0.05) is 12.8 Å². The summed E-state index contributed by atoms with van der Waals surface area (Å²) in [7, 11) is 1.39. The van der Waals surface area contributed by atoms with E-state index in [1.807, 2.05) is 51.5 Å². The SMILES string of the molecule is CC/C=C\C/C=C\C/C=C\C/C=C\C/C=C\C/C=C\CCC(=O)OC(/C=C/CCCCCCCCCCCCC)C(COP(=O)(O)OCC[N+](C)(C)C)NC(=O)CC/C=C/C/C=C/C/C=C/C/C=C/C/C=C/CC. The number of ether oxygens (including phenoxy) is 1. The first kappa shape index (κ1) is 69.9. The van der Waals surface area contributed by atoms with Crippen LogP contribution < -0.4 is 5.32 Å². The largest absolute Gasteiger partial charge is 0.472 e. The van der Waals surface area contributed by atoms with Crippen LogP contribution in [-0.4, -0.2) is 74.3 Å². The van der Waals surface area contributed by atoms with Crippen molar-refractivity contribution in [3.8, 4) is 0 Å². The van der Waals surface area contributed by atoms with Crippen LogP contribution in [0.5, 0.6) is 0 Å². The number of likely N-dealkylation sites (N-methyl/N-ethyl adjacent to an activating group) is 1. The van der Waals surface area contributed by atoms with Gasteiger partial charge in [-0.05, 0) is 102 Å². The van der Waals surface area contributed by atoms with Crippen LogP contribution in [0.1, 0.15) is 194 Å². The lowest BCUT2D eigenvalue weighted by molar-refractivity contribution is -0.870. The van der Waals surface area contributed by atoms with Gasteiger partial charge < -0.3 is 19.4 Å². The minimum atomic E-state index is -4.49. The van der Waals surface area contributed by atoms with Gasteiger partial charge in [-0.1, -0.05) is 225 Å².